The number of hydrogen-bond acceptors (Lipinski definition) is 11. The normalized spacial score (nSPS) is 13.4. The molecule has 5 N–H and O–H groups in total. The summed E-state index contributed by atoms with van der Waals surface area (Å²) in [4.78, 5) is 68.5. The van der Waals surface area contributed by atoms with Gasteiger partial charge >= 0.3 is 5.97 Å². The molecule has 6 aromatic carbocycles. The number of benzene rings is 6. The first-order valence-electron chi connectivity index (χ1n) is 25.5. The average molecular weight is 1100 g/mol. The summed E-state index contributed by atoms with van der Waals surface area (Å²) in [6.07, 6.45) is 2.85. The van der Waals surface area contributed by atoms with Crippen molar-refractivity contribution in [2.45, 2.75) is 66.8 Å². The smallest absolute Gasteiger partial charge is 0.325 e. The molecule has 0 spiro atoms. The number of methoxy groups -OCH3 is 1. The van der Waals surface area contributed by atoms with Crippen molar-refractivity contribution in [3.05, 3.63) is 228 Å². The molecule has 13 nitrogen and oxygen atoms in total. The lowest BCUT2D eigenvalue weighted by Crippen LogP contribution is -2.59. The number of hydrogen-bond donors (Lipinski definition) is 5. The largest absolute Gasteiger partial charge is 0.468 e. The maximum absolute atomic E-state index is 14.7. The van der Waals surface area contributed by atoms with E-state index in [2.05, 4.69) is 62.4 Å². The molecule has 0 aliphatic rings. The van der Waals surface area contributed by atoms with Gasteiger partial charge in [0.05, 0.1) is 34.9 Å². The number of carbonyl (C=O) groups excluding carboxylic acids is 5. The number of allylic oxidation sites excluding steroid dienone is 1. The van der Waals surface area contributed by atoms with Gasteiger partial charge in [0.15, 0.2) is 0 Å². The van der Waals surface area contributed by atoms with Crippen molar-refractivity contribution in [3.63, 3.8) is 0 Å². The number of esters is 1. The molecule has 0 aliphatic heterocycles. The van der Waals surface area contributed by atoms with Crippen LogP contribution in [0.4, 0.5) is 0 Å². The summed E-state index contributed by atoms with van der Waals surface area (Å²) in [6, 6.07) is 55.9. The summed E-state index contributed by atoms with van der Waals surface area (Å²) >= 11 is 3.12. The molecule has 0 saturated carbocycles. The first kappa shape index (κ1) is 59.3. The molecule has 6 rings (SSSR count). The van der Waals surface area contributed by atoms with E-state index < -0.39 is 97.8 Å². The summed E-state index contributed by atoms with van der Waals surface area (Å²) in [5.41, 5.74) is 5.96. The van der Waals surface area contributed by atoms with Gasteiger partial charge < -0.3 is 31.1 Å². The van der Waals surface area contributed by atoms with E-state index in [4.69, 9.17) is 0 Å². The quantitative estimate of drug-likeness (QED) is 0.0138. The summed E-state index contributed by atoms with van der Waals surface area (Å²) in [5, 5.41) is 21.9. The number of aliphatic hydroxyl groups is 1. The Labute approximate surface area is 461 Å². The Kier molecular flexibility index (Phi) is 22.3. The van der Waals surface area contributed by atoms with Crippen LogP contribution in [0.25, 0.3) is 0 Å². The molecule has 4 unspecified atom stereocenters. The van der Waals surface area contributed by atoms with Gasteiger partial charge in [-0.3, -0.25) is 24.0 Å². The van der Waals surface area contributed by atoms with Crippen LogP contribution in [0.2, 0.25) is 0 Å². The van der Waals surface area contributed by atoms with Crippen molar-refractivity contribution in [1.82, 2.24) is 21.3 Å². The van der Waals surface area contributed by atoms with Gasteiger partial charge in [-0.15, -0.1) is 23.5 Å². The maximum atomic E-state index is 14.7. The number of sulfone groups is 1. The van der Waals surface area contributed by atoms with Gasteiger partial charge in [0, 0.05) is 12.0 Å². The van der Waals surface area contributed by atoms with Crippen molar-refractivity contribution in [2.75, 3.05) is 37.2 Å². The number of ether oxygens (including phenoxy) is 1. The fraction of sp³-hybridized carbons (Fsp3) is 0.295. The highest BCUT2D eigenvalue weighted by atomic mass is 32.2. The van der Waals surface area contributed by atoms with Gasteiger partial charge in [0.25, 0.3) is 0 Å². The Hall–Kier alpha value is -6.98. The summed E-state index contributed by atoms with van der Waals surface area (Å²) < 4.78 is 28.3. The molecule has 6 aromatic rings. The van der Waals surface area contributed by atoms with Crippen molar-refractivity contribution >= 4 is 63.0 Å². The number of rotatable bonds is 28. The lowest BCUT2D eigenvalue weighted by atomic mass is 9.84. The van der Waals surface area contributed by atoms with E-state index >= 15 is 0 Å². The molecule has 0 aliphatic carbocycles. The molecule has 404 valence electrons. The molecule has 77 heavy (non-hydrogen) atoms. The zero-order valence-corrected chi connectivity index (χ0v) is 46.2. The Balaban J connectivity index is 1.23. The van der Waals surface area contributed by atoms with E-state index in [0.717, 1.165) is 39.6 Å². The zero-order valence-electron chi connectivity index (χ0n) is 43.7. The molecule has 0 saturated heterocycles. The van der Waals surface area contributed by atoms with Crippen LogP contribution in [0.5, 0.6) is 0 Å². The number of nitrogens with one attached hydrogen (secondary N) is 4. The Morgan fingerprint density at radius 3 is 1.38 bits per heavy atom. The highest BCUT2D eigenvalue weighted by Gasteiger charge is 2.40. The number of thioether (sulfide) groups is 2. The van der Waals surface area contributed by atoms with Crippen molar-refractivity contribution < 1.29 is 42.2 Å². The topological polar surface area (TPSA) is 197 Å². The molecular weight excluding hydrogens is 1030 g/mol. The lowest BCUT2D eigenvalue weighted by Gasteiger charge is -2.37. The third-order valence-corrected chi connectivity index (χ3v) is 17.0. The fourth-order valence-corrected chi connectivity index (χ4v) is 12.7. The van der Waals surface area contributed by atoms with Crippen LogP contribution in [0, 0.1) is 5.92 Å². The predicted octanol–water partition coefficient (Wildman–Crippen LogP) is 7.97. The second-order valence-corrected chi connectivity index (χ2v) is 23.6. The van der Waals surface area contributed by atoms with Crippen molar-refractivity contribution in [2.24, 2.45) is 5.92 Å². The average Bonchev–Trinajstić information content (AvgIpc) is 3.47. The first-order chi connectivity index (χ1) is 37.1. The van der Waals surface area contributed by atoms with Crippen LogP contribution in [-0.2, 0) is 48.0 Å². The van der Waals surface area contributed by atoms with Gasteiger partial charge in [0.1, 0.15) is 34.5 Å². The molecule has 0 bridgehead atoms. The van der Waals surface area contributed by atoms with Crippen LogP contribution >= 0.6 is 23.5 Å². The third-order valence-electron chi connectivity index (χ3n) is 12.8. The van der Waals surface area contributed by atoms with Gasteiger partial charge in [-0.1, -0.05) is 208 Å². The maximum Gasteiger partial charge on any atom is 0.325 e. The van der Waals surface area contributed by atoms with E-state index in [1.54, 1.807) is 25.6 Å². The monoisotopic (exact) mass is 1100 g/mol. The standard InChI is InChI=1S/C61H68N4O9S3/c1-44(2)56(59(71)62-42-55(68)74-3)65-58(70)53(43-76-61(48-31-17-8-18-32-48,49-33-19-9-20-34-49)50-35-21-10-22-36-50)64-57(69)52(38-40-77(4,72)73)63-54(67)41-51(66)37-23-24-39-75-60(45-25-11-5-12-26-45,46-27-13-6-14-28-46)47-29-15-7-16-30-47/h5-23,25-37,44,51-53,56,66H,24,38-43H2,1-4H3,(H,62,71)(H,63,67)(H,64,69)(H,65,70). The van der Waals surface area contributed by atoms with Gasteiger partial charge in [-0.2, -0.15) is 0 Å². The predicted molar refractivity (Wildman–Crippen MR) is 308 cm³/mol. The van der Waals surface area contributed by atoms with Gasteiger partial charge in [-0.05, 0) is 57.9 Å². The van der Waals surface area contributed by atoms with Crippen molar-refractivity contribution in [3.8, 4) is 0 Å². The lowest BCUT2D eigenvalue weighted by molar-refractivity contribution is -0.141. The van der Waals surface area contributed by atoms with E-state index in [9.17, 15) is 37.5 Å². The van der Waals surface area contributed by atoms with Gasteiger partial charge in [0.2, 0.25) is 23.6 Å². The number of carbonyl (C=O) groups is 5. The minimum absolute atomic E-state index is 0.0947. The molecular formula is C61H68N4O9S3. The Morgan fingerprint density at radius 2 is 0.987 bits per heavy atom. The molecule has 0 aromatic heterocycles. The SMILES string of the molecule is COC(=O)CNC(=O)C(NC(=O)C(CSC(c1ccccc1)(c1ccccc1)c1ccccc1)NC(=O)C(CCS(C)(=O)=O)NC(=O)CC(O)C=CCCSC(c1ccccc1)(c1ccccc1)c1ccccc1)C(C)C. The van der Waals surface area contributed by atoms with E-state index in [1.165, 1.54) is 24.9 Å². The van der Waals surface area contributed by atoms with E-state index in [0.29, 0.717) is 12.2 Å². The Bertz CT molecular complexity index is 2780. The summed E-state index contributed by atoms with van der Waals surface area (Å²) in [5.74, 6) is -4.10. The van der Waals surface area contributed by atoms with Crippen LogP contribution in [0.3, 0.4) is 0 Å². The van der Waals surface area contributed by atoms with Crippen LogP contribution in [0.15, 0.2) is 194 Å². The molecule has 0 fully saturated rings. The molecule has 4 amide bonds. The molecule has 0 heterocycles. The van der Waals surface area contributed by atoms with Crippen LogP contribution in [-0.4, -0.2) is 105 Å². The van der Waals surface area contributed by atoms with Crippen LogP contribution in [0.1, 0.15) is 66.5 Å². The third kappa shape index (κ3) is 16.5. The molecule has 16 heteroatoms. The molecule has 4 atom stereocenters. The minimum Gasteiger partial charge on any atom is -0.468 e. The number of aliphatic hydroxyl groups excluding tert-OH is 1. The second-order valence-electron chi connectivity index (χ2n) is 18.8. The highest BCUT2D eigenvalue weighted by molar-refractivity contribution is 8.01. The second kappa shape index (κ2) is 29.0. The van der Waals surface area contributed by atoms with Crippen molar-refractivity contribution in [1.29, 1.82) is 0 Å². The molecule has 0 radical (unpaired) electrons. The highest BCUT2D eigenvalue weighted by Crippen LogP contribution is 2.50. The van der Waals surface area contributed by atoms with Gasteiger partial charge in [-0.25, -0.2) is 8.42 Å². The fourth-order valence-electron chi connectivity index (χ4n) is 8.98. The van der Waals surface area contributed by atoms with E-state index in [-0.39, 0.29) is 12.2 Å². The summed E-state index contributed by atoms with van der Waals surface area (Å²) in [6.45, 7) is 2.98. The zero-order chi connectivity index (χ0) is 55.3. The summed E-state index contributed by atoms with van der Waals surface area (Å²) in [7, 11) is -2.48. The number of amides is 4. The minimum atomic E-state index is -3.66. The Morgan fingerprint density at radius 1 is 0.584 bits per heavy atom. The first-order valence-corrected chi connectivity index (χ1v) is 29.5. The van der Waals surface area contributed by atoms with E-state index in [1.807, 2.05) is 152 Å². The van der Waals surface area contributed by atoms with Crippen LogP contribution < -0.4 is 21.3 Å².